The highest BCUT2D eigenvalue weighted by Crippen LogP contribution is 2.02. The fourth-order valence-electron chi connectivity index (χ4n) is 0.747. The van der Waals surface area contributed by atoms with Gasteiger partial charge in [-0.25, -0.2) is 0 Å². The number of rotatable bonds is 6. The lowest BCUT2D eigenvalue weighted by molar-refractivity contribution is -0.137. The lowest BCUT2D eigenvalue weighted by atomic mass is 10.1. The van der Waals surface area contributed by atoms with E-state index in [2.05, 4.69) is 0 Å². The molecule has 0 rings (SSSR count). The van der Waals surface area contributed by atoms with Crippen molar-refractivity contribution in [2.75, 3.05) is 6.61 Å². The second-order valence-corrected chi connectivity index (χ2v) is 2.48. The standard InChI is InChI=1S/C7H14O4/c8-5-6(9)3-1-2-4-7(10)11/h6,8-9H,1-5H2,(H,10,11)/t6-/m0/s1. The highest BCUT2D eigenvalue weighted by molar-refractivity contribution is 5.66. The van der Waals surface area contributed by atoms with Crippen LogP contribution in [0.1, 0.15) is 25.7 Å². The summed E-state index contributed by atoms with van der Waals surface area (Å²) in [5.74, 6) is -0.816. The van der Waals surface area contributed by atoms with Crippen molar-refractivity contribution in [3.05, 3.63) is 0 Å². The van der Waals surface area contributed by atoms with Crippen molar-refractivity contribution in [2.45, 2.75) is 31.8 Å². The van der Waals surface area contributed by atoms with E-state index in [1.165, 1.54) is 0 Å². The first-order valence-corrected chi connectivity index (χ1v) is 3.67. The molecular formula is C7H14O4. The van der Waals surface area contributed by atoms with Crippen molar-refractivity contribution in [1.82, 2.24) is 0 Å². The lowest BCUT2D eigenvalue weighted by Crippen LogP contribution is -2.11. The van der Waals surface area contributed by atoms with Crippen LogP contribution in [0.3, 0.4) is 0 Å². The molecule has 0 radical (unpaired) electrons. The van der Waals surface area contributed by atoms with Crippen LogP contribution >= 0.6 is 0 Å². The molecule has 0 saturated heterocycles. The van der Waals surface area contributed by atoms with Gasteiger partial charge in [0.05, 0.1) is 12.7 Å². The minimum Gasteiger partial charge on any atom is -0.481 e. The predicted molar refractivity (Wildman–Crippen MR) is 39.2 cm³/mol. The largest absolute Gasteiger partial charge is 0.481 e. The Bertz CT molecular complexity index is 113. The van der Waals surface area contributed by atoms with E-state index in [1.807, 2.05) is 0 Å². The minimum absolute atomic E-state index is 0.137. The van der Waals surface area contributed by atoms with Gasteiger partial charge in [-0.05, 0) is 12.8 Å². The third-order valence-electron chi connectivity index (χ3n) is 1.39. The quantitative estimate of drug-likeness (QED) is 0.480. The van der Waals surface area contributed by atoms with Gasteiger partial charge in [0.1, 0.15) is 0 Å². The van der Waals surface area contributed by atoms with Crippen LogP contribution in [0.4, 0.5) is 0 Å². The molecule has 0 aromatic heterocycles. The van der Waals surface area contributed by atoms with Gasteiger partial charge in [-0.3, -0.25) is 4.79 Å². The molecule has 66 valence electrons. The fourth-order valence-corrected chi connectivity index (χ4v) is 0.747. The number of carboxylic acids is 1. The highest BCUT2D eigenvalue weighted by Gasteiger charge is 2.02. The summed E-state index contributed by atoms with van der Waals surface area (Å²) >= 11 is 0. The molecule has 1 atom stereocenters. The average Bonchev–Trinajstić information content (AvgIpc) is 1.97. The number of unbranched alkanes of at least 4 members (excludes halogenated alkanes) is 1. The second kappa shape index (κ2) is 6.12. The molecule has 0 unspecified atom stereocenters. The molecule has 0 bridgehead atoms. The molecule has 0 fully saturated rings. The Morgan fingerprint density at radius 1 is 1.36 bits per heavy atom. The van der Waals surface area contributed by atoms with E-state index in [0.29, 0.717) is 19.3 Å². The topological polar surface area (TPSA) is 77.8 Å². The molecule has 0 aliphatic heterocycles. The molecule has 0 amide bonds. The maximum absolute atomic E-state index is 10.0. The van der Waals surface area contributed by atoms with E-state index >= 15 is 0 Å². The molecule has 0 aliphatic carbocycles. The number of aliphatic hydroxyl groups is 2. The molecule has 4 heteroatoms. The Kier molecular flexibility index (Phi) is 5.78. The summed E-state index contributed by atoms with van der Waals surface area (Å²) in [5.41, 5.74) is 0. The summed E-state index contributed by atoms with van der Waals surface area (Å²) in [6.45, 7) is -0.243. The van der Waals surface area contributed by atoms with Crippen molar-refractivity contribution in [3.63, 3.8) is 0 Å². The van der Waals surface area contributed by atoms with Crippen molar-refractivity contribution >= 4 is 5.97 Å². The van der Waals surface area contributed by atoms with Crippen LogP contribution in [0.25, 0.3) is 0 Å². The summed E-state index contributed by atoms with van der Waals surface area (Å²) in [4.78, 5) is 10.0. The number of carbonyl (C=O) groups is 1. The van der Waals surface area contributed by atoms with Crippen molar-refractivity contribution in [2.24, 2.45) is 0 Å². The molecular weight excluding hydrogens is 148 g/mol. The Morgan fingerprint density at radius 2 is 2.00 bits per heavy atom. The molecule has 0 spiro atoms. The Labute approximate surface area is 65.5 Å². The SMILES string of the molecule is O=C(O)CCCC[C@H](O)CO. The predicted octanol–water partition coefficient (Wildman–Crippen LogP) is -0.0154. The van der Waals surface area contributed by atoms with Crippen LogP contribution in [0, 0.1) is 0 Å². The van der Waals surface area contributed by atoms with Gasteiger partial charge in [0.15, 0.2) is 0 Å². The van der Waals surface area contributed by atoms with Crippen LogP contribution in [-0.2, 0) is 4.79 Å². The molecule has 0 aliphatic rings. The first-order valence-electron chi connectivity index (χ1n) is 3.67. The smallest absolute Gasteiger partial charge is 0.303 e. The zero-order valence-corrected chi connectivity index (χ0v) is 6.36. The van der Waals surface area contributed by atoms with Gasteiger partial charge < -0.3 is 15.3 Å². The summed E-state index contributed by atoms with van der Waals surface area (Å²) in [7, 11) is 0. The van der Waals surface area contributed by atoms with E-state index in [9.17, 15) is 4.79 Å². The van der Waals surface area contributed by atoms with Crippen LogP contribution in [0.15, 0.2) is 0 Å². The zero-order valence-electron chi connectivity index (χ0n) is 6.36. The summed E-state index contributed by atoms with van der Waals surface area (Å²) < 4.78 is 0. The summed E-state index contributed by atoms with van der Waals surface area (Å²) in [6, 6.07) is 0. The van der Waals surface area contributed by atoms with E-state index in [1.54, 1.807) is 0 Å². The molecule has 4 nitrogen and oxygen atoms in total. The van der Waals surface area contributed by atoms with Crippen LogP contribution < -0.4 is 0 Å². The molecule has 3 N–H and O–H groups in total. The maximum Gasteiger partial charge on any atom is 0.303 e. The Balaban J connectivity index is 3.08. The van der Waals surface area contributed by atoms with Gasteiger partial charge in [-0.1, -0.05) is 6.42 Å². The van der Waals surface area contributed by atoms with Gasteiger partial charge >= 0.3 is 5.97 Å². The summed E-state index contributed by atoms with van der Waals surface area (Å²) in [5, 5.41) is 25.4. The van der Waals surface area contributed by atoms with E-state index < -0.39 is 12.1 Å². The third kappa shape index (κ3) is 7.29. The van der Waals surface area contributed by atoms with Crippen LogP contribution in [0.2, 0.25) is 0 Å². The van der Waals surface area contributed by atoms with Crippen LogP contribution in [0.5, 0.6) is 0 Å². The van der Waals surface area contributed by atoms with Gasteiger partial charge in [0.25, 0.3) is 0 Å². The third-order valence-corrected chi connectivity index (χ3v) is 1.39. The van der Waals surface area contributed by atoms with Crippen molar-refractivity contribution in [1.29, 1.82) is 0 Å². The number of hydrogen-bond donors (Lipinski definition) is 3. The molecule has 0 heterocycles. The van der Waals surface area contributed by atoms with Crippen molar-refractivity contribution < 1.29 is 20.1 Å². The van der Waals surface area contributed by atoms with Gasteiger partial charge in [0.2, 0.25) is 0 Å². The normalized spacial score (nSPS) is 12.9. The van der Waals surface area contributed by atoms with Crippen LogP contribution in [-0.4, -0.2) is 34.0 Å². The highest BCUT2D eigenvalue weighted by atomic mass is 16.4. The zero-order chi connectivity index (χ0) is 8.69. The summed E-state index contributed by atoms with van der Waals surface area (Å²) in [6.07, 6.45) is 1.13. The number of hydrogen-bond acceptors (Lipinski definition) is 3. The lowest BCUT2D eigenvalue weighted by Gasteiger charge is -2.04. The molecule has 0 aromatic rings. The van der Waals surface area contributed by atoms with E-state index in [0.717, 1.165) is 0 Å². The fraction of sp³-hybridized carbons (Fsp3) is 0.857. The number of carboxylic acid groups (broad SMARTS) is 1. The first-order chi connectivity index (χ1) is 5.16. The van der Waals surface area contributed by atoms with Gasteiger partial charge in [-0.2, -0.15) is 0 Å². The maximum atomic E-state index is 10.0. The number of aliphatic carboxylic acids is 1. The van der Waals surface area contributed by atoms with Crippen molar-refractivity contribution in [3.8, 4) is 0 Å². The Morgan fingerprint density at radius 3 is 2.45 bits per heavy atom. The minimum atomic E-state index is -0.816. The molecule has 11 heavy (non-hydrogen) atoms. The second-order valence-electron chi connectivity index (χ2n) is 2.48. The molecule has 0 aromatic carbocycles. The average molecular weight is 162 g/mol. The van der Waals surface area contributed by atoms with Gasteiger partial charge in [-0.15, -0.1) is 0 Å². The molecule has 0 saturated carbocycles. The van der Waals surface area contributed by atoms with E-state index in [4.69, 9.17) is 15.3 Å². The first kappa shape index (κ1) is 10.4. The number of aliphatic hydroxyl groups excluding tert-OH is 2. The Hall–Kier alpha value is -0.610. The monoisotopic (exact) mass is 162 g/mol. The van der Waals surface area contributed by atoms with Gasteiger partial charge in [0, 0.05) is 6.42 Å². The van der Waals surface area contributed by atoms with E-state index in [-0.39, 0.29) is 13.0 Å².